The van der Waals surface area contributed by atoms with Gasteiger partial charge in [0.15, 0.2) is 10.8 Å². The van der Waals surface area contributed by atoms with E-state index in [1.54, 1.807) is 11.3 Å². The maximum atomic E-state index is 11.9. The summed E-state index contributed by atoms with van der Waals surface area (Å²) < 4.78 is 6.93. The van der Waals surface area contributed by atoms with Gasteiger partial charge < -0.3 is 20.8 Å². The minimum absolute atomic E-state index is 0.0178. The van der Waals surface area contributed by atoms with Crippen LogP contribution in [0, 0.1) is 0 Å². The molecule has 4 N–H and O–H groups in total. The highest BCUT2D eigenvalue weighted by molar-refractivity contribution is 7.21. The van der Waals surface area contributed by atoms with Crippen molar-refractivity contribution in [3.8, 4) is 10.8 Å². The first-order valence-electron chi connectivity index (χ1n) is 8.86. The number of amides is 3. The third-order valence-corrected chi connectivity index (χ3v) is 5.06. The molecule has 8 heteroatoms. The number of carbonyl (C=O) groups excluding carboxylic acids is 2. The Morgan fingerprint density at radius 3 is 2.74 bits per heavy atom. The van der Waals surface area contributed by atoms with Crippen LogP contribution in [0.25, 0.3) is 21.0 Å². The first-order chi connectivity index (χ1) is 13.1. The van der Waals surface area contributed by atoms with Crippen molar-refractivity contribution >= 4 is 33.5 Å². The lowest BCUT2D eigenvalue weighted by molar-refractivity contribution is -0.121. The number of primary amides is 1. The molecule has 0 spiro atoms. The molecule has 3 rings (SSSR count). The maximum absolute atomic E-state index is 11.9. The van der Waals surface area contributed by atoms with Gasteiger partial charge in [-0.25, -0.2) is 9.78 Å². The molecule has 1 aromatic carbocycles. The molecule has 0 radical (unpaired) electrons. The smallest absolute Gasteiger partial charge is 0.312 e. The van der Waals surface area contributed by atoms with Gasteiger partial charge in [0, 0.05) is 13.0 Å². The molecule has 0 saturated heterocycles. The molecule has 3 aromatic rings. The van der Waals surface area contributed by atoms with Gasteiger partial charge in [0.1, 0.15) is 5.76 Å². The highest BCUT2D eigenvalue weighted by Gasteiger charge is 2.11. The van der Waals surface area contributed by atoms with Crippen molar-refractivity contribution in [1.82, 2.24) is 15.6 Å². The van der Waals surface area contributed by atoms with Crippen LogP contribution in [-0.4, -0.2) is 23.5 Å². The Bertz CT molecular complexity index is 885. The number of thiazole rings is 1. The van der Waals surface area contributed by atoms with Crippen molar-refractivity contribution in [2.24, 2.45) is 5.73 Å². The summed E-state index contributed by atoms with van der Waals surface area (Å²) in [4.78, 5) is 27.0. The number of fused-ring (bicyclic) bond motifs is 1. The van der Waals surface area contributed by atoms with Crippen molar-refractivity contribution in [2.45, 2.75) is 32.2 Å². The molecular weight excluding hydrogens is 364 g/mol. The minimum atomic E-state index is -0.517. The number of hydrogen-bond donors (Lipinski definition) is 3. The second kappa shape index (κ2) is 9.18. The van der Waals surface area contributed by atoms with E-state index in [4.69, 9.17) is 10.2 Å². The molecule has 27 heavy (non-hydrogen) atoms. The highest BCUT2D eigenvalue weighted by Crippen LogP contribution is 2.31. The average Bonchev–Trinajstić information content (AvgIpc) is 3.29. The Morgan fingerprint density at radius 1 is 1.07 bits per heavy atom. The Kier molecular flexibility index (Phi) is 6.43. The Morgan fingerprint density at radius 2 is 1.93 bits per heavy atom. The average molecular weight is 386 g/mol. The third-order valence-electron chi connectivity index (χ3n) is 4.01. The standard InChI is InChI=1S/C19H22N4O3S/c20-19(25)21-11-5-1-2-8-17(24)22-12-13-9-10-15(26-13)18-23-14-6-3-4-7-16(14)27-18/h3-4,6-7,9-10H,1-2,5,8,11-12H2,(H,22,24)(H3,20,21,25). The second-order valence-electron chi connectivity index (χ2n) is 6.13. The summed E-state index contributed by atoms with van der Waals surface area (Å²) >= 11 is 1.58. The van der Waals surface area contributed by atoms with Gasteiger partial charge in [-0.3, -0.25) is 4.79 Å². The van der Waals surface area contributed by atoms with Crippen LogP contribution in [0.15, 0.2) is 40.8 Å². The zero-order valence-corrected chi connectivity index (χ0v) is 15.7. The summed E-state index contributed by atoms with van der Waals surface area (Å²) in [6.07, 6.45) is 2.87. The van der Waals surface area contributed by atoms with Crippen molar-refractivity contribution < 1.29 is 14.0 Å². The lowest BCUT2D eigenvalue weighted by atomic mass is 10.2. The van der Waals surface area contributed by atoms with Crippen LogP contribution >= 0.6 is 11.3 Å². The predicted octanol–water partition coefficient (Wildman–Crippen LogP) is 3.40. The van der Waals surface area contributed by atoms with E-state index in [0.717, 1.165) is 34.5 Å². The van der Waals surface area contributed by atoms with Crippen LogP contribution in [0.3, 0.4) is 0 Å². The number of nitrogens with zero attached hydrogens (tertiary/aromatic N) is 1. The van der Waals surface area contributed by atoms with E-state index in [-0.39, 0.29) is 5.91 Å². The summed E-state index contributed by atoms with van der Waals surface area (Å²) in [6.45, 7) is 0.894. The topological polar surface area (TPSA) is 110 Å². The largest absolute Gasteiger partial charge is 0.457 e. The number of carbonyl (C=O) groups is 2. The zero-order valence-electron chi connectivity index (χ0n) is 14.9. The number of hydrogen-bond acceptors (Lipinski definition) is 5. The lowest BCUT2D eigenvalue weighted by Gasteiger charge is -2.04. The summed E-state index contributed by atoms with van der Waals surface area (Å²) in [6, 6.07) is 11.2. The summed E-state index contributed by atoms with van der Waals surface area (Å²) in [7, 11) is 0. The fraction of sp³-hybridized carbons (Fsp3) is 0.316. The van der Waals surface area contributed by atoms with E-state index < -0.39 is 6.03 Å². The second-order valence-corrected chi connectivity index (χ2v) is 7.16. The SMILES string of the molecule is NC(=O)NCCCCCC(=O)NCc1ccc(-c2nc3ccccc3s2)o1. The van der Waals surface area contributed by atoms with E-state index >= 15 is 0 Å². The number of aromatic nitrogens is 1. The van der Waals surface area contributed by atoms with Gasteiger partial charge in [0.25, 0.3) is 0 Å². The number of unbranched alkanes of at least 4 members (excludes halogenated alkanes) is 2. The molecular formula is C19H22N4O3S. The van der Waals surface area contributed by atoms with E-state index in [1.165, 1.54) is 0 Å². The molecule has 2 aromatic heterocycles. The van der Waals surface area contributed by atoms with Crippen molar-refractivity contribution in [2.75, 3.05) is 6.54 Å². The van der Waals surface area contributed by atoms with Crippen LogP contribution in [0.4, 0.5) is 4.79 Å². The van der Waals surface area contributed by atoms with Gasteiger partial charge in [0.2, 0.25) is 5.91 Å². The molecule has 0 fully saturated rings. The molecule has 142 valence electrons. The number of benzene rings is 1. The minimum Gasteiger partial charge on any atom is -0.457 e. The zero-order chi connectivity index (χ0) is 19.1. The molecule has 0 atom stereocenters. The van der Waals surface area contributed by atoms with Gasteiger partial charge in [-0.15, -0.1) is 11.3 Å². The van der Waals surface area contributed by atoms with E-state index in [2.05, 4.69) is 15.6 Å². The molecule has 3 amide bonds. The number of para-hydroxylation sites is 1. The number of nitrogens with two attached hydrogens (primary N) is 1. The first-order valence-corrected chi connectivity index (χ1v) is 9.68. The van der Waals surface area contributed by atoms with E-state index in [9.17, 15) is 9.59 Å². The molecule has 0 unspecified atom stereocenters. The number of urea groups is 1. The van der Waals surface area contributed by atoms with Gasteiger partial charge >= 0.3 is 6.03 Å². The molecule has 0 aliphatic heterocycles. The fourth-order valence-corrected chi connectivity index (χ4v) is 3.57. The van der Waals surface area contributed by atoms with Crippen molar-refractivity contribution in [3.63, 3.8) is 0 Å². The molecule has 0 aliphatic carbocycles. The lowest BCUT2D eigenvalue weighted by Crippen LogP contribution is -2.30. The summed E-state index contributed by atoms with van der Waals surface area (Å²) in [5, 5.41) is 6.22. The first kappa shape index (κ1) is 18.9. The van der Waals surface area contributed by atoms with Crippen LogP contribution < -0.4 is 16.4 Å². The summed E-state index contributed by atoms with van der Waals surface area (Å²) in [5.74, 6) is 1.39. The van der Waals surface area contributed by atoms with Gasteiger partial charge in [0.05, 0.1) is 16.8 Å². The Balaban J connectivity index is 1.41. The highest BCUT2D eigenvalue weighted by atomic mass is 32.1. The van der Waals surface area contributed by atoms with E-state index in [0.29, 0.717) is 31.0 Å². The molecule has 7 nitrogen and oxygen atoms in total. The molecule has 0 bridgehead atoms. The fourth-order valence-electron chi connectivity index (χ4n) is 2.64. The van der Waals surface area contributed by atoms with Crippen LogP contribution in [0.1, 0.15) is 31.4 Å². The van der Waals surface area contributed by atoms with Crippen LogP contribution in [0.5, 0.6) is 0 Å². The maximum Gasteiger partial charge on any atom is 0.312 e. The number of furan rings is 1. The molecule has 2 heterocycles. The Labute approximate surface area is 161 Å². The van der Waals surface area contributed by atoms with Crippen LogP contribution in [-0.2, 0) is 11.3 Å². The van der Waals surface area contributed by atoms with Crippen molar-refractivity contribution in [3.05, 3.63) is 42.2 Å². The summed E-state index contributed by atoms with van der Waals surface area (Å²) in [5.41, 5.74) is 5.94. The van der Waals surface area contributed by atoms with Gasteiger partial charge in [-0.1, -0.05) is 18.6 Å². The number of rotatable bonds is 9. The number of nitrogens with one attached hydrogen (secondary N) is 2. The van der Waals surface area contributed by atoms with Crippen molar-refractivity contribution in [1.29, 1.82) is 0 Å². The predicted molar refractivity (Wildman–Crippen MR) is 105 cm³/mol. The van der Waals surface area contributed by atoms with Crippen LogP contribution in [0.2, 0.25) is 0 Å². The monoisotopic (exact) mass is 386 g/mol. The van der Waals surface area contributed by atoms with Gasteiger partial charge in [-0.2, -0.15) is 0 Å². The normalized spacial score (nSPS) is 10.8. The Hall–Kier alpha value is -2.87. The molecule has 0 saturated carbocycles. The van der Waals surface area contributed by atoms with E-state index in [1.807, 2.05) is 36.4 Å². The van der Waals surface area contributed by atoms with Gasteiger partial charge in [-0.05, 0) is 37.1 Å². The molecule has 0 aliphatic rings. The third kappa shape index (κ3) is 5.55. The quantitative estimate of drug-likeness (QED) is 0.489.